The molecule has 0 aliphatic heterocycles. The topological polar surface area (TPSA) is 80.9 Å². The average molecular weight is 268 g/mol. The van der Waals surface area contributed by atoms with E-state index in [4.69, 9.17) is 5.73 Å². The maximum Gasteiger partial charge on any atom is 0.238 e. The Kier molecular flexibility index (Phi) is 5.10. The summed E-state index contributed by atoms with van der Waals surface area (Å²) in [7, 11) is 0. The molecule has 100 valence electrons. The van der Waals surface area contributed by atoms with E-state index in [1.54, 1.807) is 13.1 Å². The van der Waals surface area contributed by atoms with Crippen molar-refractivity contribution in [3.8, 4) is 0 Å². The first-order valence-corrected chi connectivity index (χ1v) is 6.82. The number of rotatable bonds is 6. The minimum Gasteiger partial charge on any atom is -0.368 e. The van der Waals surface area contributed by atoms with Gasteiger partial charge >= 0.3 is 0 Å². The van der Waals surface area contributed by atoms with Crippen LogP contribution in [-0.4, -0.2) is 33.2 Å². The van der Waals surface area contributed by atoms with E-state index in [0.717, 1.165) is 5.69 Å². The number of primary amides is 1. The molecular formula is C12H20N4OS. The molecule has 1 unspecified atom stereocenters. The van der Waals surface area contributed by atoms with Gasteiger partial charge in [-0.05, 0) is 33.8 Å². The van der Waals surface area contributed by atoms with E-state index in [2.05, 4.69) is 15.3 Å². The lowest BCUT2D eigenvalue weighted by Gasteiger charge is -2.29. The third kappa shape index (κ3) is 4.27. The van der Waals surface area contributed by atoms with E-state index >= 15 is 0 Å². The molecule has 0 aliphatic carbocycles. The number of nitrogens with one attached hydrogen (secondary N) is 1. The van der Waals surface area contributed by atoms with Crippen molar-refractivity contribution in [3.05, 3.63) is 18.0 Å². The molecule has 0 aliphatic rings. The molecule has 0 fully saturated rings. The largest absolute Gasteiger partial charge is 0.368 e. The van der Waals surface area contributed by atoms with Crippen LogP contribution < -0.4 is 11.1 Å². The molecule has 1 heterocycles. The van der Waals surface area contributed by atoms with Crippen molar-refractivity contribution in [1.82, 2.24) is 15.3 Å². The van der Waals surface area contributed by atoms with E-state index in [0.29, 0.717) is 10.9 Å². The van der Waals surface area contributed by atoms with E-state index < -0.39 is 5.54 Å². The van der Waals surface area contributed by atoms with Crippen molar-refractivity contribution in [2.75, 3.05) is 5.75 Å². The first-order chi connectivity index (χ1) is 8.33. The molecule has 1 atom stereocenters. The Hall–Kier alpha value is -1.14. The van der Waals surface area contributed by atoms with Crippen molar-refractivity contribution in [2.24, 2.45) is 5.73 Å². The van der Waals surface area contributed by atoms with Crippen LogP contribution >= 0.6 is 11.8 Å². The number of hydrogen-bond acceptors (Lipinski definition) is 5. The van der Waals surface area contributed by atoms with Gasteiger partial charge in [-0.15, -0.1) is 0 Å². The SMILES string of the molecule is Cc1ccnc(SCC(C)(NC(C)C)C(N)=O)n1. The monoisotopic (exact) mass is 268 g/mol. The molecule has 1 aromatic heterocycles. The third-order valence-corrected chi connectivity index (χ3v) is 3.59. The summed E-state index contributed by atoms with van der Waals surface area (Å²) in [6.45, 7) is 7.67. The first-order valence-electron chi connectivity index (χ1n) is 5.83. The zero-order chi connectivity index (χ0) is 13.8. The number of aromatic nitrogens is 2. The molecule has 0 bridgehead atoms. The van der Waals surface area contributed by atoms with Crippen LogP contribution in [0.2, 0.25) is 0 Å². The predicted octanol–water partition coefficient (Wildman–Crippen LogP) is 1.12. The standard InChI is InChI=1S/C12H20N4OS/c1-8(2)16-12(4,10(13)17)7-18-11-14-6-5-9(3)15-11/h5-6,8,16H,7H2,1-4H3,(H2,13,17). The van der Waals surface area contributed by atoms with Crippen LogP contribution in [-0.2, 0) is 4.79 Å². The van der Waals surface area contributed by atoms with Gasteiger partial charge in [-0.3, -0.25) is 4.79 Å². The summed E-state index contributed by atoms with van der Waals surface area (Å²) in [5, 5.41) is 3.85. The predicted molar refractivity (Wildman–Crippen MR) is 73.4 cm³/mol. The Labute approximate surface area is 112 Å². The molecule has 0 saturated carbocycles. The van der Waals surface area contributed by atoms with Gasteiger partial charge in [0.2, 0.25) is 5.91 Å². The minimum atomic E-state index is -0.758. The number of nitrogens with two attached hydrogens (primary N) is 1. The van der Waals surface area contributed by atoms with Gasteiger partial charge in [0.25, 0.3) is 0 Å². The van der Waals surface area contributed by atoms with E-state index in [1.807, 2.05) is 26.8 Å². The van der Waals surface area contributed by atoms with Gasteiger partial charge in [0.1, 0.15) is 5.54 Å². The molecule has 1 amide bonds. The summed E-state index contributed by atoms with van der Waals surface area (Å²) >= 11 is 1.43. The zero-order valence-electron chi connectivity index (χ0n) is 11.2. The summed E-state index contributed by atoms with van der Waals surface area (Å²) in [4.78, 5) is 20.0. The number of hydrogen-bond donors (Lipinski definition) is 2. The minimum absolute atomic E-state index is 0.182. The van der Waals surface area contributed by atoms with E-state index in [-0.39, 0.29) is 11.9 Å². The fourth-order valence-electron chi connectivity index (χ4n) is 1.53. The lowest BCUT2D eigenvalue weighted by Crippen LogP contribution is -2.57. The van der Waals surface area contributed by atoms with Crippen LogP contribution in [0.25, 0.3) is 0 Å². The number of carbonyl (C=O) groups is 1. The van der Waals surface area contributed by atoms with Gasteiger partial charge in [-0.25, -0.2) is 9.97 Å². The molecule has 0 spiro atoms. The lowest BCUT2D eigenvalue weighted by molar-refractivity contribution is -0.123. The van der Waals surface area contributed by atoms with Crippen molar-refractivity contribution in [3.63, 3.8) is 0 Å². The number of amides is 1. The second-order valence-corrected chi connectivity index (χ2v) is 5.71. The van der Waals surface area contributed by atoms with Crippen LogP contribution in [0.15, 0.2) is 17.4 Å². The zero-order valence-corrected chi connectivity index (χ0v) is 12.0. The maximum atomic E-state index is 11.6. The number of carbonyl (C=O) groups excluding carboxylic acids is 1. The van der Waals surface area contributed by atoms with E-state index in [9.17, 15) is 4.79 Å². The Balaban J connectivity index is 2.71. The third-order valence-electron chi connectivity index (χ3n) is 2.41. The van der Waals surface area contributed by atoms with E-state index in [1.165, 1.54) is 11.8 Å². The fraction of sp³-hybridized carbons (Fsp3) is 0.583. The molecule has 18 heavy (non-hydrogen) atoms. The van der Waals surface area contributed by atoms with Crippen LogP contribution in [0.5, 0.6) is 0 Å². The number of nitrogens with zero attached hydrogens (tertiary/aromatic N) is 2. The highest BCUT2D eigenvalue weighted by atomic mass is 32.2. The number of thioether (sulfide) groups is 1. The molecule has 3 N–H and O–H groups in total. The summed E-state index contributed by atoms with van der Waals surface area (Å²) in [5.74, 6) is 0.139. The average Bonchev–Trinajstić information content (AvgIpc) is 2.25. The second-order valence-electron chi connectivity index (χ2n) is 4.76. The molecular weight excluding hydrogens is 248 g/mol. The highest BCUT2D eigenvalue weighted by Gasteiger charge is 2.31. The summed E-state index contributed by atoms with van der Waals surface area (Å²) in [6.07, 6.45) is 1.71. The van der Waals surface area contributed by atoms with Gasteiger partial charge in [-0.2, -0.15) is 0 Å². The van der Waals surface area contributed by atoms with Crippen molar-refractivity contribution in [2.45, 2.75) is 44.4 Å². The van der Waals surface area contributed by atoms with Crippen LogP contribution in [0.1, 0.15) is 26.5 Å². The highest BCUT2D eigenvalue weighted by Crippen LogP contribution is 2.19. The van der Waals surface area contributed by atoms with Crippen molar-refractivity contribution >= 4 is 17.7 Å². The van der Waals surface area contributed by atoms with Gasteiger partial charge in [-0.1, -0.05) is 11.8 Å². The Morgan fingerprint density at radius 2 is 2.28 bits per heavy atom. The van der Waals surface area contributed by atoms with Gasteiger partial charge in [0.15, 0.2) is 5.16 Å². The van der Waals surface area contributed by atoms with Crippen LogP contribution in [0, 0.1) is 6.92 Å². The lowest BCUT2D eigenvalue weighted by atomic mass is 10.0. The Morgan fingerprint density at radius 3 is 2.78 bits per heavy atom. The smallest absolute Gasteiger partial charge is 0.238 e. The molecule has 0 saturated heterocycles. The molecule has 0 radical (unpaired) electrons. The number of aryl methyl sites for hydroxylation is 1. The fourth-order valence-corrected chi connectivity index (χ4v) is 2.51. The summed E-state index contributed by atoms with van der Waals surface area (Å²) < 4.78 is 0. The maximum absolute atomic E-state index is 11.6. The second kappa shape index (κ2) is 6.15. The highest BCUT2D eigenvalue weighted by molar-refractivity contribution is 7.99. The molecule has 5 nitrogen and oxygen atoms in total. The summed E-state index contributed by atoms with van der Waals surface area (Å²) in [6, 6.07) is 2.02. The van der Waals surface area contributed by atoms with Crippen LogP contribution in [0.4, 0.5) is 0 Å². The van der Waals surface area contributed by atoms with Gasteiger partial charge < -0.3 is 11.1 Å². The molecule has 0 aromatic carbocycles. The molecule has 6 heteroatoms. The summed E-state index contributed by atoms with van der Waals surface area (Å²) in [5.41, 5.74) is 5.61. The van der Waals surface area contributed by atoms with Crippen molar-refractivity contribution in [1.29, 1.82) is 0 Å². The van der Waals surface area contributed by atoms with Crippen LogP contribution in [0.3, 0.4) is 0 Å². The first kappa shape index (κ1) is 14.9. The molecule has 1 rings (SSSR count). The quantitative estimate of drug-likeness (QED) is 0.597. The van der Waals surface area contributed by atoms with Gasteiger partial charge in [0, 0.05) is 23.7 Å². The normalized spacial score (nSPS) is 14.5. The van der Waals surface area contributed by atoms with Crippen molar-refractivity contribution < 1.29 is 4.79 Å². The Bertz CT molecular complexity index is 424. The Morgan fingerprint density at radius 1 is 1.61 bits per heavy atom. The van der Waals surface area contributed by atoms with Gasteiger partial charge in [0.05, 0.1) is 0 Å². The molecule has 1 aromatic rings.